The number of rotatable bonds is 14. The van der Waals surface area contributed by atoms with Gasteiger partial charge in [-0.25, -0.2) is 0 Å². The Labute approximate surface area is 455 Å². The Morgan fingerprint density at radius 3 is 1.32 bits per heavy atom. The van der Waals surface area contributed by atoms with Gasteiger partial charge in [-0.2, -0.15) is 0 Å². The SMILES string of the molecule is CCN.CCOc1ccccc1C1CC(=O)N(C)c2cc3c(cc21)OCO3.CCOc1ccccc1C1CC(=O)Nc2cc(OC)c(OC)c(OC)c21.COc1ccccc1C1CC(=O)Nc2cc(OC)c(OC)c(OC)c21. The zero-order valence-corrected chi connectivity index (χ0v) is 46.2. The molecule has 0 aromatic heterocycles. The van der Waals surface area contributed by atoms with E-state index in [0.29, 0.717) is 84.1 Å². The van der Waals surface area contributed by atoms with Gasteiger partial charge in [0.05, 0.1) is 80.0 Å². The lowest BCUT2D eigenvalue weighted by Crippen LogP contribution is -2.33. The van der Waals surface area contributed by atoms with Crippen molar-refractivity contribution < 1.29 is 66.5 Å². The first-order chi connectivity index (χ1) is 37.9. The van der Waals surface area contributed by atoms with Crippen LogP contribution in [0.15, 0.2) is 97.1 Å². The lowest BCUT2D eigenvalue weighted by Gasteiger charge is -2.32. The number of nitrogens with two attached hydrogens (primary N) is 1. The molecular formula is C60H70N4O14. The quantitative estimate of drug-likeness (QED) is 0.0928. The van der Waals surface area contributed by atoms with Crippen molar-refractivity contribution in [2.24, 2.45) is 5.73 Å². The number of amides is 3. The largest absolute Gasteiger partial charge is 0.496 e. The fraction of sp³-hybridized carbons (Fsp3) is 0.350. The molecule has 0 aliphatic carbocycles. The van der Waals surface area contributed by atoms with Crippen molar-refractivity contribution in [3.8, 4) is 63.2 Å². The van der Waals surface area contributed by atoms with E-state index in [9.17, 15) is 14.4 Å². The summed E-state index contributed by atoms with van der Waals surface area (Å²) >= 11 is 0. The lowest BCUT2D eigenvalue weighted by molar-refractivity contribution is -0.119. The molecule has 414 valence electrons. The molecule has 0 spiro atoms. The molecule has 3 unspecified atom stereocenters. The highest BCUT2D eigenvalue weighted by Gasteiger charge is 2.38. The Kier molecular flexibility index (Phi) is 19.4. The van der Waals surface area contributed by atoms with E-state index < -0.39 is 0 Å². The summed E-state index contributed by atoms with van der Waals surface area (Å²) in [4.78, 5) is 38.9. The Morgan fingerprint density at radius 1 is 0.500 bits per heavy atom. The summed E-state index contributed by atoms with van der Waals surface area (Å²) in [6.45, 7) is 7.91. The molecule has 3 atom stereocenters. The van der Waals surface area contributed by atoms with Gasteiger partial charge in [-0.05, 0) is 50.2 Å². The average Bonchev–Trinajstić information content (AvgIpc) is 4.07. The highest BCUT2D eigenvalue weighted by Crippen LogP contribution is 2.54. The number of hydrogen-bond acceptors (Lipinski definition) is 15. The maximum absolute atomic E-state index is 12.5. The summed E-state index contributed by atoms with van der Waals surface area (Å²) in [7, 11) is 12.8. The number of nitrogens with zero attached hydrogens (tertiary/aromatic N) is 1. The summed E-state index contributed by atoms with van der Waals surface area (Å²) in [5.41, 5.74) is 12.7. The molecule has 6 aromatic rings. The summed E-state index contributed by atoms with van der Waals surface area (Å²) in [6, 6.07) is 30.8. The molecule has 18 nitrogen and oxygen atoms in total. The van der Waals surface area contributed by atoms with Crippen LogP contribution >= 0.6 is 0 Å². The Balaban J connectivity index is 0.000000165. The molecule has 0 saturated heterocycles. The minimum atomic E-state index is -0.213. The van der Waals surface area contributed by atoms with Gasteiger partial charge in [0, 0.05) is 90.1 Å². The molecule has 0 radical (unpaired) electrons. The van der Waals surface area contributed by atoms with Gasteiger partial charge in [0.1, 0.15) is 17.2 Å². The van der Waals surface area contributed by atoms with Gasteiger partial charge < -0.3 is 73.4 Å². The lowest BCUT2D eigenvalue weighted by atomic mass is 9.83. The van der Waals surface area contributed by atoms with Crippen LogP contribution in [0.3, 0.4) is 0 Å². The Bertz CT molecular complexity index is 3090. The van der Waals surface area contributed by atoms with Gasteiger partial charge in [0.15, 0.2) is 34.5 Å². The third-order valence-corrected chi connectivity index (χ3v) is 13.5. The topological polar surface area (TPSA) is 206 Å². The van der Waals surface area contributed by atoms with E-state index in [0.717, 1.165) is 68.6 Å². The van der Waals surface area contributed by atoms with Crippen molar-refractivity contribution in [1.29, 1.82) is 0 Å². The normalized spacial score (nSPS) is 16.2. The summed E-state index contributed by atoms with van der Waals surface area (Å²) < 4.78 is 61.2. The number of ether oxygens (including phenoxy) is 11. The zero-order chi connectivity index (χ0) is 56.0. The first kappa shape index (κ1) is 57.2. The second-order valence-electron chi connectivity index (χ2n) is 17.9. The molecule has 18 heteroatoms. The van der Waals surface area contributed by atoms with Gasteiger partial charge in [0.2, 0.25) is 36.0 Å². The second-order valence-corrected chi connectivity index (χ2v) is 17.9. The predicted octanol–water partition coefficient (Wildman–Crippen LogP) is 10.1. The number of anilines is 3. The number of nitrogens with one attached hydrogen (secondary N) is 2. The first-order valence-corrected chi connectivity index (χ1v) is 25.6. The molecule has 0 saturated carbocycles. The Morgan fingerprint density at radius 2 is 0.897 bits per heavy atom. The fourth-order valence-electron chi connectivity index (χ4n) is 10.2. The maximum atomic E-state index is 12.5. The summed E-state index contributed by atoms with van der Waals surface area (Å²) in [6.07, 6.45) is 0.995. The standard InChI is InChI=1S/C20H23NO5.C19H21NO5.C19H19NO4.C2H7N/c1-5-26-15-9-7-6-8-12(15)13-10-17(22)21-14-11-16(23-2)19(24-3)20(25-4)18(13)14;1-22-14-8-6-5-7-11(14)12-9-16(21)20-13-10-15(23-2)18(24-3)19(25-4)17(12)13;1-3-22-16-7-5-4-6-12(16)13-9-19(21)20(2)15-10-18-17(8-14(13)15)23-11-24-18;1-2-3/h6-9,11,13H,5,10H2,1-4H3,(H,21,22);5-8,10,12H,9H2,1-4H3,(H,20,21);4-8,10,13H,3,9,11H2,1-2H3;2-3H2,1H3. The zero-order valence-electron chi connectivity index (χ0n) is 46.2. The van der Waals surface area contributed by atoms with E-state index in [1.165, 1.54) is 0 Å². The van der Waals surface area contributed by atoms with Crippen molar-refractivity contribution in [3.05, 3.63) is 130 Å². The van der Waals surface area contributed by atoms with Crippen molar-refractivity contribution in [3.63, 3.8) is 0 Å². The maximum Gasteiger partial charge on any atom is 0.231 e. The molecule has 6 aromatic carbocycles. The molecule has 4 aliphatic rings. The van der Waals surface area contributed by atoms with E-state index in [1.54, 1.807) is 73.8 Å². The van der Waals surface area contributed by atoms with E-state index in [-0.39, 0.29) is 42.3 Å². The van der Waals surface area contributed by atoms with Gasteiger partial charge in [-0.15, -0.1) is 0 Å². The summed E-state index contributed by atoms with van der Waals surface area (Å²) in [5, 5.41) is 5.82. The monoisotopic (exact) mass is 1070 g/mol. The number of fused-ring (bicyclic) bond motifs is 4. The van der Waals surface area contributed by atoms with Crippen LogP contribution in [0.5, 0.6) is 63.2 Å². The molecule has 0 bridgehead atoms. The molecule has 4 N–H and O–H groups in total. The van der Waals surface area contributed by atoms with Crippen LogP contribution in [0, 0.1) is 0 Å². The van der Waals surface area contributed by atoms with E-state index in [4.69, 9.17) is 57.8 Å². The molecule has 10 rings (SSSR count). The minimum Gasteiger partial charge on any atom is -0.496 e. The number of para-hydroxylation sites is 3. The Hall–Kier alpha value is -8.51. The second kappa shape index (κ2) is 26.5. The number of hydrogen-bond donors (Lipinski definition) is 3. The van der Waals surface area contributed by atoms with Crippen molar-refractivity contribution in [2.45, 2.75) is 57.8 Å². The van der Waals surface area contributed by atoms with E-state index >= 15 is 0 Å². The van der Waals surface area contributed by atoms with Gasteiger partial charge in [-0.1, -0.05) is 61.5 Å². The average molecular weight is 1070 g/mol. The minimum absolute atomic E-state index is 0.0547. The van der Waals surface area contributed by atoms with E-state index in [1.807, 2.05) is 106 Å². The molecule has 0 fully saturated rings. The third-order valence-electron chi connectivity index (χ3n) is 13.5. The highest BCUT2D eigenvalue weighted by atomic mass is 16.7. The van der Waals surface area contributed by atoms with Crippen LogP contribution in [-0.2, 0) is 14.4 Å². The van der Waals surface area contributed by atoms with Crippen molar-refractivity contribution >= 4 is 34.8 Å². The van der Waals surface area contributed by atoms with Gasteiger partial charge in [0.25, 0.3) is 0 Å². The highest BCUT2D eigenvalue weighted by molar-refractivity contribution is 5.99. The van der Waals surface area contributed by atoms with Crippen LogP contribution in [0.2, 0.25) is 0 Å². The van der Waals surface area contributed by atoms with Crippen molar-refractivity contribution in [1.82, 2.24) is 0 Å². The van der Waals surface area contributed by atoms with E-state index in [2.05, 4.69) is 10.6 Å². The van der Waals surface area contributed by atoms with Crippen LogP contribution in [0.4, 0.5) is 17.1 Å². The van der Waals surface area contributed by atoms with Gasteiger partial charge in [-0.3, -0.25) is 14.4 Å². The van der Waals surface area contributed by atoms with Crippen LogP contribution in [0.25, 0.3) is 0 Å². The molecule has 4 heterocycles. The van der Waals surface area contributed by atoms with Crippen LogP contribution in [-0.4, -0.2) is 101 Å². The summed E-state index contributed by atoms with van der Waals surface area (Å²) in [5.74, 6) is 6.30. The van der Waals surface area contributed by atoms with Crippen LogP contribution < -0.4 is 73.4 Å². The fourth-order valence-corrected chi connectivity index (χ4v) is 10.2. The molecule has 3 amide bonds. The number of carbonyl (C=O) groups is 3. The van der Waals surface area contributed by atoms with Gasteiger partial charge >= 0.3 is 0 Å². The smallest absolute Gasteiger partial charge is 0.231 e. The van der Waals surface area contributed by atoms with Crippen molar-refractivity contribution in [2.75, 3.05) is 98.9 Å². The molecule has 4 aliphatic heterocycles. The van der Waals surface area contributed by atoms with Crippen LogP contribution in [0.1, 0.15) is 91.2 Å². The predicted molar refractivity (Wildman–Crippen MR) is 298 cm³/mol. The number of methoxy groups -OCH3 is 7. The number of benzene rings is 6. The molecular weight excluding hydrogens is 1000 g/mol. The number of carbonyl (C=O) groups excluding carboxylic acids is 3. The third kappa shape index (κ3) is 11.9. The first-order valence-electron chi connectivity index (χ1n) is 25.6. The molecule has 78 heavy (non-hydrogen) atoms.